The third kappa shape index (κ3) is 7.38. The second-order valence-corrected chi connectivity index (χ2v) is 17.0. The molecule has 0 bridgehead atoms. The molecule has 5 atom stereocenters. The van der Waals surface area contributed by atoms with E-state index in [1.165, 1.54) is 0 Å². The highest BCUT2D eigenvalue weighted by Crippen LogP contribution is 2.55. The SMILES string of the molecule is [B][C@@H]1O[C@H](C(OS(C)(=O)=O)C(O)P(=O)(OCC)OCC)C[C@@H]1CC(C)(C)[Si](C)(C)O. The standard InChI is InChI=1S/C17H36BO9PSSi/c1-8-24-28(20,25-9-2)16(19)14(27-29(5,21)22)13-10-12(15(18)26-13)11-17(3,4)30(6,7)23/h12-16,19,23H,8-11H2,1-7H3/t12-,13+,14?,15-,16?/m1/s1. The molecule has 0 saturated carbocycles. The lowest BCUT2D eigenvalue weighted by atomic mass is 9.80. The Morgan fingerprint density at radius 3 is 2.17 bits per heavy atom. The van der Waals surface area contributed by atoms with Crippen molar-refractivity contribution in [1.82, 2.24) is 0 Å². The zero-order valence-electron chi connectivity index (χ0n) is 18.9. The van der Waals surface area contributed by atoms with E-state index in [0.29, 0.717) is 6.42 Å². The number of ether oxygens (including phenoxy) is 1. The van der Waals surface area contributed by atoms with Crippen LogP contribution in [0.3, 0.4) is 0 Å². The largest absolute Gasteiger partial charge is 0.432 e. The minimum absolute atomic E-state index is 0.0159. The smallest absolute Gasteiger partial charge is 0.361 e. The van der Waals surface area contributed by atoms with Gasteiger partial charge in [-0.05, 0) is 50.7 Å². The molecule has 0 aromatic rings. The third-order valence-corrected chi connectivity index (χ3v) is 11.9. The van der Waals surface area contributed by atoms with Crippen LogP contribution in [0.15, 0.2) is 0 Å². The Labute approximate surface area is 183 Å². The Morgan fingerprint density at radius 2 is 1.77 bits per heavy atom. The Hall–Kier alpha value is 0.222. The molecule has 1 aliphatic rings. The van der Waals surface area contributed by atoms with Crippen molar-refractivity contribution in [3.05, 3.63) is 0 Å². The minimum atomic E-state index is -4.10. The fraction of sp³-hybridized carbons (Fsp3) is 1.00. The Balaban J connectivity index is 3.17. The number of aliphatic hydroxyl groups excluding tert-OH is 1. The molecule has 13 heteroatoms. The van der Waals surface area contributed by atoms with Crippen molar-refractivity contribution < 1.29 is 40.9 Å². The summed E-state index contributed by atoms with van der Waals surface area (Å²) >= 11 is 0. The molecule has 1 saturated heterocycles. The molecule has 1 rings (SSSR count). The van der Waals surface area contributed by atoms with Crippen LogP contribution < -0.4 is 0 Å². The van der Waals surface area contributed by atoms with Crippen LogP contribution >= 0.6 is 7.60 Å². The number of rotatable bonds is 12. The predicted molar refractivity (Wildman–Crippen MR) is 117 cm³/mol. The summed E-state index contributed by atoms with van der Waals surface area (Å²) in [4.78, 5) is 10.6. The van der Waals surface area contributed by atoms with E-state index < -0.39 is 50.1 Å². The van der Waals surface area contributed by atoms with Gasteiger partial charge in [0.15, 0.2) is 14.2 Å². The van der Waals surface area contributed by atoms with E-state index >= 15 is 0 Å². The van der Waals surface area contributed by atoms with Crippen molar-refractivity contribution >= 4 is 33.9 Å². The fourth-order valence-corrected chi connectivity index (χ4v) is 6.54. The molecule has 1 aliphatic heterocycles. The third-order valence-electron chi connectivity index (χ3n) is 5.65. The van der Waals surface area contributed by atoms with Crippen LogP contribution in [0.2, 0.25) is 18.1 Å². The van der Waals surface area contributed by atoms with Gasteiger partial charge in [0.25, 0.3) is 10.1 Å². The maximum atomic E-state index is 13.0. The van der Waals surface area contributed by atoms with Crippen molar-refractivity contribution in [3.63, 3.8) is 0 Å². The average molecular weight is 486 g/mol. The predicted octanol–water partition coefficient (Wildman–Crippen LogP) is 2.18. The van der Waals surface area contributed by atoms with E-state index in [-0.39, 0.29) is 30.6 Å². The fourth-order valence-electron chi connectivity index (χ4n) is 3.35. The van der Waals surface area contributed by atoms with Crippen molar-refractivity contribution in [2.24, 2.45) is 5.92 Å². The Kier molecular flexibility index (Phi) is 9.83. The van der Waals surface area contributed by atoms with Gasteiger partial charge in [0.1, 0.15) is 14.0 Å². The monoisotopic (exact) mass is 486 g/mol. The van der Waals surface area contributed by atoms with Gasteiger partial charge >= 0.3 is 7.60 Å². The maximum Gasteiger partial charge on any atom is 0.361 e. The Morgan fingerprint density at radius 1 is 1.27 bits per heavy atom. The summed E-state index contributed by atoms with van der Waals surface area (Å²) in [6.45, 7) is 10.7. The van der Waals surface area contributed by atoms with Crippen LogP contribution in [0.25, 0.3) is 0 Å². The molecule has 2 N–H and O–H groups in total. The first kappa shape index (κ1) is 28.3. The van der Waals surface area contributed by atoms with Crippen LogP contribution in [0, 0.1) is 5.92 Å². The van der Waals surface area contributed by atoms with Gasteiger partial charge in [0.05, 0.1) is 25.6 Å². The van der Waals surface area contributed by atoms with Crippen molar-refractivity contribution in [2.75, 3.05) is 19.5 Å². The van der Waals surface area contributed by atoms with Crippen LogP contribution in [-0.2, 0) is 32.7 Å². The number of hydrogen-bond donors (Lipinski definition) is 2. The summed E-state index contributed by atoms with van der Waals surface area (Å²) in [5, 5.41) is 10.4. The molecule has 2 radical (unpaired) electrons. The molecule has 0 aromatic heterocycles. The second kappa shape index (κ2) is 10.4. The van der Waals surface area contributed by atoms with Gasteiger partial charge in [-0.2, -0.15) is 8.42 Å². The van der Waals surface area contributed by atoms with E-state index in [0.717, 1.165) is 6.26 Å². The highest BCUT2D eigenvalue weighted by molar-refractivity contribution is 7.86. The van der Waals surface area contributed by atoms with Gasteiger partial charge < -0.3 is 23.7 Å². The molecular formula is C17H36BO9PSSi. The van der Waals surface area contributed by atoms with Crippen LogP contribution in [0.1, 0.15) is 40.5 Å². The molecule has 176 valence electrons. The molecule has 0 aromatic carbocycles. The minimum Gasteiger partial charge on any atom is -0.432 e. The summed E-state index contributed by atoms with van der Waals surface area (Å²) in [5.41, 5.74) is 0. The first-order chi connectivity index (χ1) is 13.5. The van der Waals surface area contributed by atoms with E-state index in [1.807, 2.05) is 26.9 Å². The van der Waals surface area contributed by atoms with Gasteiger partial charge in [0.2, 0.25) is 0 Å². The van der Waals surface area contributed by atoms with Crippen LogP contribution in [0.4, 0.5) is 0 Å². The lowest BCUT2D eigenvalue weighted by Crippen LogP contribution is -2.42. The van der Waals surface area contributed by atoms with Gasteiger partial charge in [-0.3, -0.25) is 8.75 Å². The molecule has 1 heterocycles. The summed E-state index contributed by atoms with van der Waals surface area (Å²) < 4.78 is 57.9. The zero-order valence-corrected chi connectivity index (χ0v) is 21.6. The average Bonchev–Trinajstić information content (AvgIpc) is 2.90. The highest BCUT2D eigenvalue weighted by atomic mass is 32.2. The van der Waals surface area contributed by atoms with Gasteiger partial charge in [-0.15, -0.1) is 0 Å². The summed E-state index contributed by atoms with van der Waals surface area (Å²) in [7, 11) is -4.51. The molecule has 2 unspecified atom stereocenters. The molecule has 0 amide bonds. The summed E-state index contributed by atoms with van der Waals surface area (Å²) in [5.74, 6) is -2.11. The number of aliphatic hydroxyl groups is 1. The van der Waals surface area contributed by atoms with E-state index in [9.17, 15) is 22.9 Å². The molecule has 1 fully saturated rings. The Bertz CT molecular complexity index is 703. The summed E-state index contributed by atoms with van der Waals surface area (Å²) in [6, 6.07) is -0.762. The first-order valence-electron chi connectivity index (χ1n) is 10.1. The van der Waals surface area contributed by atoms with Gasteiger partial charge in [-0.1, -0.05) is 13.8 Å². The lowest BCUT2D eigenvalue weighted by Gasteiger charge is -2.37. The van der Waals surface area contributed by atoms with Crippen molar-refractivity contribution in [3.8, 4) is 0 Å². The highest BCUT2D eigenvalue weighted by Gasteiger charge is 2.51. The van der Waals surface area contributed by atoms with E-state index in [1.54, 1.807) is 13.8 Å². The molecule has 0 aliphatic carbocycles. The molecular weight excluding hydrogens is 450 g/mol. The zero-order chi connectivity index (χ0) is 23.5. The van der Waals surface area contributed by atoms with Gasteiger partial charge in [0, 0.05) is 6.00 Å². The first-order valence-corrected chi connectivity index (χ1v) is 16.4. The second-order valence-electron chi connectivity index (χ2n) is 8.84. The number of hydrogen-bond acceptors (Lipinski definition) is 9. The van der Waals surface area contributed by atoms with E-state index in [4.69, 9.17) is 25.8 Å². The normalized spacial score (nSPS) is 26.0. The quantitative estimate of drug-likeness (QED) is 0.242. The summed E-state index contributed by atoms with van der Waals surface area (Å²) in [6.07, 6.45) is -0.860. The van der Waals surface area contributed by atoms with Gasteiger partial charge in [-0.25, -0.2) is 0 Å². The van der Waals surface area contributed by atoms with E-state index in [2.05, 4.69) is 0 Å². The van der Waals surface area contributed by atoms with Crippen molar-refractivity contribution in [1.29, 1.82) is 0 Å². The van der Waals surface area contributed by atoms with Crippen LogP contribution in [-0.4, -0.2) is 78.0 Å². The molecule has 30 heavy (non-hydrogen) atoms. The van der Waals surface area contributed by atoms with Crippen LogP contribution in [0.5, 0.6) is 0 Å². The lowest BCUT2D eigenvalue weighted by molar-refractivity contribution is -0.0424. The van der Waals surface area contributed by atoms with Crippen molar-refractivity contribution in [2.45, 2.75) is 82.7 Å². The maximum absolute atomic E-state index is 13.0. The molecule has 9 nitrogen and oxygen atoms in total. The topological polar surface area (TPSA) is 129 Å². The molecule has 0 spiro atoms.